The molecule has 1 aromatic carbocycles. The van der Waals surface area contributed by atoms with Crippen LogP contribution in [0.5, 0.6) is 0 Å². The number of hydrogen-bond donors (Lipinski definition) is 3. The summed E-state index contributed by atoms with van der Waals surface area (Å²) < 4.78 is 4.90. The van der Waals surface area contributed by atoms with Gasteiger partial charge in [0.2, 0.25) is 5.91 Å². The van der Waals surface area contributed by atoms with Gasteiger partial charge in [-0.3, -0.25) is 9.78 Å². The Morgan fingerprint density at radius 2 is 2.37 bits per heavy atom. The first-order valence-corrected chi connectivity index (χ1v) is 6.37. The van der Waals surface area contributed by atoms with Crippen molar-refractivity contribution in [2.24, 2.45) is 0 Å². The largest absolute Gasteiger partial charge is 0.417 e. The van der Waals surface area contributed by atoms with Crippen molar-refractivity contribution in [3.63, 3.8) is 0 Å². The lowest BCUT2D eigenvalue weighted by Crippen LogP contribution is -2.27. The average molecular weight is 261 g/mol. The van der Waals surface area contributed by atoms with E-state index in [1.165, 1.54) is 0 Å². The Balaban J connectivity index is 1.69. The number of carbonyl (C=O) groups excluding carboxylic acids is 1. The number of benzene rings is 1. The van der Waals surface area contributed by atoms with Crippen LogP contribution in [0.3, 0.4) is 0 Å². The Labute approximate surface area is 109 Å². The van der Waals surface area contributed by atoms with Crippen molar-refractivity contribution in [1.82, 2.24) is 10.3 Å². The molecule has 1 amide bonds. The molecule has 0 radical (unpaired) electrons. The summed E-state index contributed by atoms with van der Waals surface area (Å²) in [5.74, 6) is -0.516. The molecule has 2 heterocycles. The van der Waals surface area contributed by atoms with Gasteiger partial charge in [-0.25, -0.2) is 4.79 Å². The number of aromatic nitrogens is 1. The van der Waals surface area contributed by atoms with E-state index in [1.807, 2.05) is 0 Å². The van der Waals surface area contributed by atoms with Gasteiger partial charge in [-0.2, -0.15) is 0 Å². The van der Waals surface area contributed by atoms with Gasteiger partial charge in [-0.1, -0.05) is 0 Å². The zero-order chi connectivity index (χ0) is 13.2. The average Bonchev–Trinajstić information content (AvgIpc) is 2.96. The van der Waals surface area contributed by atoms with E-state index in [-0.39, 0.29) is 11.9 Å². The highest BCUT2D eigenvalue weighted by Gasteiger charge is 2.17. The van der Waals surface area contributed by atoms with Gasteiger partial charge in [-0.05, 0) is 37.6 Å². The highest BCUT2D eigenvalue weighted by Crippen LogP contribution is 2.17. The number of aromatic amines is 1. The molecule has 0 saturated carbocycles. The summed E-state index contributed by atoms with van der Waals surface area (Å²) in [7, 11) is 0. The monoisotopic (exact) mass is 261 g/mol. The van der Waals surface area contributed by atoms with Crippen molar-refractivity contribution >= 4 is 22.7 Å². The van der Waals surface area contributed by atoms with Crippen LogP contribution in [-0.2, 0) is 4.79 Å². The minimum Gasteiger partial charge on any atom is -0.408 e. The quantitative estimate of drug-likeness (QED) is 0.774. The maximum atomic E-state index is 11.9. The summed E-state index contributed by atoms with van der Waals surface area (Å²) in [6.45, 7) is 0.986. The third-order valence-electron chi connectivity index (χ3n) is 3.30. The van der Waals surface area contributed by atoms with E-state index in [0.717, 1.165) is 19.4 Å². The van der Waals surface area contributed by atoms with E-state index in [1.54, 1.807) is 18.2 Å². The number of nitrogens with one attached hydrogen (secondary N) is 3. The van der Waals surface area contributed by atoms with Crippen LogP contribution in [-0.4, -0.2) is 23.5 Å². The fraction of sp³-hybridized carbons (Fsp3) is 0.385. The standard InChI is InChI=1S/C13H15N3O3/c17-12(7-8-2-1-5-14-8)15-9-3-4-11-10(6-9)16-13(18)19-11/h3-4,6,8,14H,1-2,5,7H2,(H,15,17)(H,16,18). The molecule has 1 unspecified atom stereocenters. The van der Waals surface area contributed by atoms with E-state index in [4.69, 9.17) is 4.42 Å². The van der Waals surface area contributed by atoms with Crippen molar-refractivity contribution in [2.75, 3.05) is 11.9 Å². The zero-order valence-corrected chi connectivity index (χ0v) is 10.4. The molecule has 3 N–H and O–H groups in total. The van der Waals surface area contributed by atoms with Crippen LogP contribution in [0.2, 0.25) is 0 Å². The third-order valence-corrected chi connectivity index (χ3v) is 3.30. The summed E-state index contributed by atoms with van der Waals surface area (Å²) >= 11 is 0. The van der Waals surface area contributed by atoms with Gasteiger partial charge in [0.15, 0.2) is 5.58 Å². The smallest absolute Gasteiger partial charge is 0.408 e. The molecule has 100 valence electrons. The number of hydrogen-bond acceptors (Lipinski definition) is 4. The highest BCUT2D eigenvalue weighted by molar-refractivity contribution is 5.93. The van der Waals surface area contributed by atoms with E-state index in [0.29, 0.717) is 23.2 Å². The number of amides is 1. The van der Waals surface area contributed by atoms with Crippen molar-refractivity contribution in [1.29, 1.82) is 0 Å². The van der Waals surface area contributed by atoms with Crippen LogP contribution < -0.4 is 16.4 Å². The number of carbonyl (C=O) groups is 1. The number of anilines is 1. The molecule has 1 atom stereocenters. The summed E-state index contributed by atoms with van der Waals surface area (Å²) in [6, 6.07) is 5.35. The van der Waals surface area contributed by atoms with Gasteiger partial charge < -0.3 is 15.1 Å². The molecule has 1 fully saturated rings. The normalized spacial score (nSPS) is 18.8. The SMILES string of the molecule is O=C(CC1CCCN1)Nc1ccc2oc(=O)[nH]c2c1. The van der Waals surface area contributed by atoms with Crippen LogP contribution in [0.1, 0.15) is 19.3 Å². The van der Waals surface area contributed by atoms with Crippen molar-refractivity contribution in [3.8, 4) is 0 Å². The topological polar surface area (TPSA) is 87.1 Å². The van der Waals surface area contributed by atoms with E-state index < -0.39 is 5.76 Å². The minimum absolute atomic E-state index is 0.0235. The molecule has 2 aromatic rings. The molecule has 1 saturated heterocycles. The lowest BCUT2D eigenvalue weighted by Gasteiger charge is -2.10. The number of fused-ring (bicyclic) bond motifs is 1. The first-order chi connectivity index (χ1) is 9.20. The molecule has 6 nitrogen and oxygen atoms in total. The molecule has 0 spiro atoms. The van der Waals surface area contributed by atoms with Crippen molar-refractivity contribution < 1.29 is 9.21 Å². The Morgan fingerprint density at radius 1 is 1.47 bits per heavy atom. The Hall–Kier alpha value is -2.08. The van der Waals surface area contributed by atoms with Gasteiger partial charge in [0, 0.05) is 18.2 Å². The highest BCUT2D eigenvalue weighted by atomic mass is 16.4. The molecule has 1 aliphatic rings. The molecule has 3 rings (SSSR count). The fourth-order valence-electron chi connectivity index (χ4n) is 2.40. The van der Waals surface area contributed by atoms with Crippen LogP contribution in [0.25, 0.3) is 11.1 Å². The van der Waals surface area contributed by atoms with Gasteiger partial charge in [0.25, 0.3) is 0 Å². The van der Waals surface area contributed by atoms with Gasteiger partial charge in [-0.15, -0.1) is 0 Å². The van der Waals surface area contributed by atoms with Crippen molar-refractivity contribution in [3.05, 3.63) is 28.7 Å². The lowest BCUT2D eigenvalue weighted by molar-refractivity contribution is -0.116. The van der Waals surface area contributed by atoms with Crippen molar-refractivity contribution in [2.45, 2.75) is 25.3 Å². The van der Waals surface area contributed by atoms with Crippen LogP contribution in [0.4, 0.5) is 5.69 Å². The predicted molar refractivity (Wildman–Crippen MR) is 71.1 cm³/mol. The van der Waals surface area contributed by atoms with Gasteiger partial charge in [0.05, 0.1) is 5.52 Å². The molecule has 0 bridgehead atoms. The summed E-state index contributed by atoms with van der Waals surface area (Å²) in [5.41, 5.74) is 1.73. The second-order valence-corrected chi connectivity index (χ2v) is 4.77. The maximum absolute atomic E-state index is 11.9. The number of oxazole rings is 1. The molecule has 1 aliphatic heterocycles. The van der Waals surface area contributed by atoms with Crippen LogP contribution in [0.15, 0.2) is 27.4 Å². The summed E-state index contributed by atoms with van der Waals surface area (Å²) in [4.78, 5) is 25.5. The number of H-pyrrole nitrogens is 1. The van der Waals surface area contributed by atoms with Crippen LogP contribution in [0, 0.1) is 0 Å². The van der Waals surface area contributed by atoms with Crippen LogP contribution >= 0.6 is 0 Å². The summed E-state index contributed by atoms with van der Waals surface area (Å²) in [5, 5.41) is 6.11. The van der Waals surface area contributed by atoms with Gasteiger partial charge >= 0.3 is 5.76 Å². The summed E-state index contributed by atoms with van der Waals surface area (Å²) in [6.07, 6.45) is 2.64. The van der Waals surface area contributed by atoms with E-state index >= 15 is 0 Å². The third kappa shape index (κ3) is 2.68. The Kier molecular flexibility index (Phi) is 3.08. The Bertz CT molecular complexity index is 652. The molecule has 0 aliphatic carbocycles. The molecular weight excluding hydrogens is 246 g/mol. The first-order valence-electron chi connectivity index (χ1n) is 6.37. The lowest BCUT2D eigenvalue weighted by atomic mass is 10.1. The first kappa shape index (κ1) is 12.0. The van der Waals surface area contributed by atoms with E-state index in [9.17, 15) is 9.59 Å². The maximum Gasteiger partial charge on any atom is 0.417 e. The molecule has 6 heteroatoms. The molecule has 19 heavy (non-hydrogen) atoms. The van der Waals surface area contributed by atoms with Gasteiger partial charge in [0.1, 0.15) is 0 Å². The minimum atomic E-state index is -0.492. The second kappa shape index (κ2) is 4.89. The molecule has 1 aromatic heterocycles. The van der Waals surface area contributed by atoms with E-state index in [2.05, 4.69) is 15.6 Å². The number of rotatable bonds is 3. The Morgan fingerprint density at radius 3 is 3.16 bits per heavy atom. The predicted octanol–water partition coefficient (Wildman–Crippen LogP) is 1.20. The molecular formula is C13H15N3O3. The fourth-order valence-corrected chi connectivity index (χ4v) is 2.40. The zero-order valence-electron chi connectivity index (χ0n) is 10.4. The second-order valence-electron chi connectivity index (χ2n) is 4.77.